The molecule has 0 saturated carbocycles. The van der Waals surface area contributed by atoms with Gasteiger partial charge in [-0.1, -0.05) is 152 Å². The average Bonchev–Trinajstić information content (AvgIpc) is 3.27. The molecule has 0 amide bonds. The van der Waals surface area contributed by atoms with E-state index in [1.165, 1.54) is 44.7 Å². The lowest BCUT2D eigenvalue weighted by atomic mass is 9.85. The molecule has 5 heteroatoms. The van der Waals surface area contributed by atoms with Gasteiger partial charge in [0.15, 0.2) is 6.17 Å². The molecule has 1 atom stereocenters. The molecule has 276 valence electrons. The van der Waals surface area contributed by atoms with E-state index in [4.69, 9.17) is 15.0 Å². The molecule has 0 bridgehead atoms. The van der Waals surface area contributed by atoms with Crippen LogP contribution in [-0.4, -0.2) is 30.1 Å². The minimum Gasteiger partial charge on any atom is -0.325 e. The lowest BCUT2D eigenvalue weighted by Crippen LogP contribution is -2.35. The lowest BCUT2D eigenvalue weighted by molar-refractivity contribution is 0.752. The maximum atomic E-state index is 5.18. The summed E-state index contributed by atoms with van der Waals surface area (Å²) >= 11 is 0. The average molecular weight is 730 g/mol. The number of nitrogens with zero attached hydrogens (tertiary/aromatic N) is 4. The van der Waals surface area contributed by atoms with Crippen LogP contribution in [0.1, 0.15) is 62.2 Å². The Balaban J connectivity index is 1.02. The highest BCUT2D eigenvalue weighted by molar-refractivity contribution is 6.14. The van der Waals surface area contributed by atoms with Crippen molar-refractivity contribution in [3.05, 3.63) is 209 Å². The summed E-state index contributed by atoms with van der Waals surface area (Å²) in [5.74, 6) is 1.66. The monoisotopic (exact) mass is 729 g/mol. The Hall–Kier alpha value is -6.46. The molecule has 8 rings (SSSR count). The standard InChI is InChI=1S/C51H47N5/c1-2-37(38-14-8-5-9-15-38)19-13-20-49-54-50(45-29-23-40(24-30-45)39-16-10-6-11-17-39)56-51(55-49)46-31-25-42(26-32-46)41-21-27-44(28-22-41)47-34-33-43-18-7-3-4-12-35-52-36-48(43)53-47/h2,4-21,23-25,27,29-31,35,50H,1,3,22,26,28,32-34,36H2,(H,54,55,56)/b12-4-,18-7-,20-13+,37-19+,52-35?. The Labute approximate surface area is 331 Å². The highest BCUT2D eigenvalue weighted by atomic mass is 15.2. The topological polar surface area (TPSA) is 61.5 Å². The third-order valence-electron chi connectivity index (χ3n) is 10.7. The largest absolute Gasteiger partial charge is 0.325 e. The third-order valence-corrected chi connectivity index (χ3v) is 10.7. The summed E-state index contributed by atoms with van der Waals surface area (Å²) in [6.07, 6.45) is 34.3. The molecule has 1 N–H and O–H groups in total. The van der Waals surface area contributed by atoms with Gasteiger partial charge in [-0.3, -0.25) is 9.98 Å². The molecule has 0 saturated heterocycles. The van der Waals surface area contributed by atoms with Crippen LogP contribution in [-0.2, 0) is 0 Å². The van der Waals surface area contributed by atoms with Crippen molar-refractivity contribution in [3.8, 4) is 11.1 Å². The number of benzene rings is 3. The van der Waals surface area contributed by atoms with Crippen molar-refractivity contribution in [1.29, 1.82) is 0 Å². The predicted octanol–water partition coefficient (Wildman–Crippen LogP) is 11.9. The molecule has 0 fully saturated rings. The zero-order chi connectivity index (χ0) is 37.9. The lowest BCUT2D eigenvalue weighted by Gasteiger charge is -2.25. The van der Waals surface area contributed by atoms with E-state index in [1.807, 2.05) is 54.8 Å². The van der Waals surface area contributed by atoms with Crippen LogP contribution in [0, 0.1) is 0 Å². The van der Waals surface area contributed by atoms with Gasteiger partial charge >= 0.3 is 0 Å². The number of aliphatic imine (C=N–C) groups is 4. The molecule has 0 radical (unpaired) electrons. The van der Waals surface area contributed by atoms with Crippen LogP contribution < -0.4 is 5.32 Å². The number of allylic oxidation sites excluding steroid dienone is 16. The summed E-state index contributed by atoms with van der Waals surface area (Å²) in [5.41, 5.74) is 14.6. The van der Waals surface area contributed by atoms with E-state index >= 15 is 0 Å². The van der Waals surface area contributed by atoms with Gasteiger partial charge in [-0.15, -0.1) is 0 Å². The van der Waals surface area contributed by atoms with Gasteiger partial charge in [0.25, 0.3) is 0 Å². The second-order valence-corrected chi connectivity index (χ2v) is 14.4. The van der Waals surface area contributed by atoms with Gasteiger partial charge in [0, 0.05) is 11.9 Å². The van der Waals surface area contributed by atoms with Crippen molar-refractivity contribution in [2.24, 2.45) is 20.0 Å². The van der Waals surface area contributed by atoms with Gasteiger partial charge in [-0.2, -0.15) is 0 Å². The highest BCUT2D eigenvalue weighted by Crippen LogP contribution is 2.34. The van der Waals surface area contributed by atoms with E-state index < -0.39 is 0 Å². The minimum atomic E-state index is -0.353. The molecular formula is C51H47N5. The van der Waals surface area contributed by atoms with Crippen molar-refractivity contribution >= 4 is 29.2 Å². The molecule has 5 nitrogen and oxygen atoms in total. The molecule has 56 heavy (non-hydrogen) atoms. The van der Waals surface area contributed by atoms with E-state index in [0.29, 0.717) is 6.54 Å². The van der Waals surface area contributed by atoms with Crippen LogP contribution in [0.15, 0.2) is 218 Å². The van der Waals surface area contributed by atoms with Crippen LogP contribution in [0.4, 0.5) is 0 Å². The minimum absolute atomic E-state index is 0.353. The Morgan fingerprint density at radius 2 is 1.39 bits per heavy atom. The number of nitrogens with one attached hydrogen (secondary N) is 1. The van der Waals surface area contributed by atoms with Gasteiger partial charge in [0.2, 0.25) is 0 Å². The first-order chi connectivity index (χ1) is 27.7. The third kappa shape index (κ3) is 8.90. The Kier molecular flexibility index (Phi) is 11.6. The molecule has 3 aromatic rings. The fourth-order valence-corrected chi connectivity index (χ4v) is 7.61. The smallest absolute Gasteiger partial charge is 0.169 e. The van der Waals surface area contributed by atoms with Crippen LogP contribution in [0.5, 0.6) is 0 Å². The summed E-state index contributed by atoms with van der Waals surface area (Å²) in [5, 5.41) is 3.57. The first kappa shape index (κ1) is 36.5. The van der Waals surface area contributed by atoms with E-state index in [2.05, 4.69) is 126 Å². The molecule has 0 aromatic heterocycles. The SMILES string of the molecule is C=C/C(=C\C=C\C1=NC(c2ccc(-c3ccccc3)cc2)N=C(C2=CC=C(C3=CC=C(C4=NC5=C(/C=C\C/C=C\C=NC5)CC4)CC3)CC2)N1)c1ccccc1. The Morgan fingerprint density at radius 3 is 2.12 bits per heavy atom. The molecular weight excluding hydrogens is 683 g/mol. The zero-order valence-corrected chi connectivity index (χ0v) is 31.8. The number of rotatable bonds is 9. The van der Waals surface area contributed by atoms with E-state index in [9.17, 15) is 0 Å². The second-order valence-electron chi connectivity index (χ2n) is 14.4. The summed E-state index contributed by atoms with van der Waals surface area (Å²) in [6.45, 7) is 4.68. The summed E-state index contributed by atoms with van der Waals surface area (Å²) < 4.78 is 0. The molecule has 1 unspecified atom stereocenters. The number of hydrogen-bond donors (Lipinski definition) is 1. The van der Waals surface area contributed by atoms with E-state index in [0.717, 1.165) is 79.0 Å². The summed E-state index contributed by atoms with van der Waals surface area (Å²) in [6, 6.07) is 29.4. The first-order valence-corrected chi connectivity index (χ1v) is 19.8. The van der Waals surface area contributed by atoms with Crippen molar-refractivity contribution in [2.45, 2.75) is 51.1 Å². The van der Waals surface area contributed by atoms with Crippen molar-refractivity contribution in [2.75, 3.05) is 6.54 Å². The Bertz CT molecular complexity index is 2370. The summed E-state index contributed by atoms with van der Waals surface area (Å²) in [7, 11) is 0. The van der Waals surface area contributed by atoms with Gasteiger partial charge in [0.1, 0.15) is 11.7 Å². The highest BCUT2D eigenvalue weighted by Gasteiger charge is 2.23. The number of amidine groups is 2. The van der Waals surface area contributed by atoms with Gasteiger partial charge < -0.3 is 5.32 Å². The molecule has 3 heterocycles. The first-order valence-electron chi connectivity index (χ1n) is 19.8. The van der Waals surface area contributed by atoms with Crippen molar-refractivity contribution in [3.63, 3.8) is 0 Å². The quantitative estimate of drug-likeness (QED) is 0.219. The van der Waals surface area contributed by atoms with Crippen molar-refractivity contribution < 1.29 is 0 Å². The van der Waals surface area contributed by atoms with E-state index in [1.54, 1.807) is 0 Å². The normalized spacial score (nSPS) is 21.2. The van der Waals surface area contributed by atoms with Crippen LogP contribution in [0.3, 0.4) is 0 Å². The summed E-state index contributed by atoms with van der Waals surface area (Å²) in [4.78, 5) is 20.0. The van der Waals surface area contributed by atoms with Gasteiger partial charge in [-0.05, 0) is 113 Å². The van der Waals surface area contributed by atoms with Gasteiger partial charge in [0.05, 0.1) is 12.2 Å². The molecule has 2 aliphatic carbocycles. The molecule has 0 spiro atoms. The maximum Gasteiger partial charge on any atom is 0.169 e. The predicted molar refractivity (Wildman–Crippen MR) is 237 cm³/mol. The molecule has 5 aliphatic rings. The Morgan fingerprint density at radius 1 is 0.696 bits per heavy atom. The molecule has 3 aromatic carbocycles. The van der Waals surface area contributed by atoms with Gasteiger partial charge in [-0.25, -0.2) is 9.98 Å². The zero-order valence-electron chi connectivity index (χ0n) is 31.8. The van der Waals surface area contributed by atoms with Crippen LogP contribution in [0.2, 0.25) is 0 Å². The van der Waals surface area contributed by atoms with Crippen molar-refractivity contribution in [1.82, 2.24) is 5.32 Å². The number of hydrogen-bond acceptors (Lipinski definition) is 5. The fraction of sp³-hybridized carbons (Fsp3) is 0.176. The second kappa shape index (κ2) is 17.8. The fourth-order valence-electron chi connectivity index (χ4n) is 7.61. The maximum absolute atomic E-state index is 5.18. The molecule has 3 aliphatic heterocycles. The van der Waals surface area contributed by atoms with E-state index in [-0.39, 0.29) is 6.17 Å². The van der Waals surface area contributed by atoms with Crippen LogP contribution in [0.25, 0.3) is 16.7 Å². The van der Waals surface area contributed by atoms with Crippen LogP contribution >= 0.6 is 0 Å².